The van der Waals surface area contributed by atoms with Gasteiger partial charge in [0.05, 0.1) is 26.7 Å². The molecule has 3 aromatic carbocycles. The minimum atomic E-state index is -0.884. The van der Waals surface area contributed by atoms with Crippen molar-refractivity contribution >= 4 is 11.9 Å². The van der Waals surface area contributed by atoms with Crippen LogP contribution < -0.4 is 29.4 Å². The molecule has 2 aliphatic heterocycles. The number of carbonyl (C=O) groups excluding carboxylic acids is 2. The zero-order valence-electron chi connectivity index (χ0n) is 21.7. The van der Waals surface area contributed by atoms with E-state index in [2.05, 4.69) is 0 Å². The molecule has 0 saturated carbocycles. The summed E-state index contributed by atoms with van der Waals surface area (Å²) >= 11 is 0. The molecule has 1 unspecified atom stereocenters. The van der Waals surface area contributed by atoms with E-state index < -0.39 is 12.0 Å². The topological polar surface area (TPSA) is 116 Å². The fraction of sp³-hybridized carbons (Fsp3) is 0.333. The van der Waals surface area contributed by atoms with E-state index in [0.717, 1.165) is 22.3 Å². The van der Waals surface area contributed by atoms with Crippen molar-refractivity contribution in [3.05, 3.63) is 76.9 Å². The summed E-state index contributed by atoms with van der Waals surface area (Å²) in [5.41, 5.74) is 9.89. The van der Waals surface area contributed by atoms with Gasteiger partial charge < -0.3 is 34.2 Å². The number of hydrogen-bond acceptors (Lipinski definition) is 9. The second kappa shape index (κ2) is 10.1. The molecule has 1 aliphatic carbocycles. The summed E-state index contributed by atoms with van der Waals surface area (Å²) in [4.78, 5) is 25.9. The number of nitrogens with two attached hydrogens (primary N) is 1. The summed E-state index contributed by atoms with van der Waals surface area (Å²) in [7, 11) is 2.97. The fourth-order valence-electron chi connectivity index (χ4n) is 5.81. The van der Waals surface area contributed by atoms with E-state index >= 15 is 0 Å². The molecule has 3 aromatic rings. The van der Waals surface area contributed by atoms with Gasteiger partial charge in [-0.15, -0.1) is 0 Å². The quantitative estimate of drug-likeness (QED) is 0.362. The zero-order chi connectivity index (χ0) is 27.1. The van der Waals surface area contributed by atoms with Crippen LogP contribution in [0.1, 0.15) is 28.2 Å². The van der Waals surface area contributed by atoms with Crippen LogP contribution in [0.15, 0.2) is 54.6 Å². The van der Waals surface area contributed by atoms with Crippen LogP contribution in [0.3, 0.4) is 0 Å². The fourth-order valence-corrected chi connectivity index (χ4v) is 5.81. The summed E-state index contributed by atoms with van der Waals surface area (Å²) in [6.45, 7) is 0.517. The van der Waals surface area contributed by atoms with E-state index in [4.69, 9.17) is 34.2 Å². The van der Waals surface area contributed by atoms with Crippen molar-refractivity contribution in [3.8, 4) is 28.7 Å². The third-order valence-corrected chi connectivity index (χ3v) is 7.68. The van der Waals surface area contributed by atoms with Crippen molar-refractivity contribution in [1.29, 1.82) is 0 Å². The largest absolute Gasteiger partial charge is 0.493 e. The molecule has 6 rings (SSSR count). The molecule has 0 radical (unpaired) electrons. The van der Waals surface area contributed by atoms with E-state index in [1.165, 1.54) is 14.2 Å². The molecule has 0 bridgehead atoms. The van der Waals surface area contributed by atoms with Crippen molar-refractivity contribution in [2.45, 2.75) is 24.8 Å². The van der Waals surface area contributed by atoms with Gasteiger partial charge in [0, 0.05) is 11.8 Å². The van der Waals surface area contributed by atoms with Crippen molar-refractivity contribution in [1.82, 2.24) is 0 Å². The second-order valence-electron chi connectivity index (χ2n) is 9.97. The number of methoxy groups -OCH3 is 2. The highest BCUT2D eigenvalue weighted by molar-refractivity contribution is 5.81. The Labute approximate surface area is 225 Å². The van der Waals surface area contributed by atoms with Gasteiger partial charge in [-0.1, -0.05) is 30.3 Å². The van der Waals surface area contributed by atoms with Gasteiger partial charge >= 0.3 is 11.9 Å². The van der Waals surface area contributed by atoms with Gasteiger partial charge in [-0.25, -0.2) is 4.79 Å². The third kappa shape index (κ3) is 4.52. The molecule has 202 valence electrons. The third-order valence-electron chi connectivity index (χ3n) is 7.68. The SMILES string of the molecule is COc1cc([C@@H]2c3cc4c(cc3C[C@H]3COC(=O)[C@@H]32)OCO4)cc(OC)c1OC(=O)C(N)Cc1ccccc1. The lowest BCUT2D eigenvalue weighted by Crippen LogP contribution is -2.36. The summed E-state index contributed by atoms with van der Waals surface area (Å²) in [5.74, 6) is 0.468. The monoisotopic (exact) mass is 531 g/mol. The number of carbonyl (C=O) groups is 2. The van der Waals surface area contributed by atoms with E-state index in [9.17, 15) is 9.59 Å². The lowest BCUT2D eigenvalue weighted by Gasteiger charge is -2.34. The standard InChI is InChI=1S/C30H29NO8/c1-34-24-11-18(12-25(35-2)28(24)39-29(32)21(31)8-16-6-4-3-5-7-16)26-20-13-23-22(37-15-38-23)10-17(20)9-19-14-36-30(33)27(19)26/h3-7,10-13,19,21,26-27H,8-9,14-15,31H2,1-2H3/t19-,21?,26+,27-/m0/s1. The second-order valence-corrected chi connectivity index (χ2v) is 9.97. The smallest absolute Gasteiger partial charge is 0.328 e. The molecule has 2 heterocycles. The average molecular weight is 532 g/mol. The Hall–Kier alpha value is -4.24. The first-order valence-electron chi connectivity index (χ1n) is 12.8. The maximum atomic E-state index is 13.0. The lowest BCUT2D eigenvalue weighted by atomic mass is 9.67. The number of esters is 2. The highest BCUT2D eigenvalue weighted by Gasteiger charge is 2.48. The van der Waals surface area contributed by atoms with Gasteiger partial charge in [-0.2, -0.15) is 0 Å². The average Bonchev–Trinajstić information content (AvgIpc) is 3.56. The van der Waals surface area contributed by atoms with Gasteiger partial charge in [0.2, 0.25) is 12.5 Å². The number of rotatable bonds is 7. The van der Waals surface area contributed by atoms with Crippen LogP contribution in [0, 0.1) is 11.8 Å². The molecule has 1 saturated heterocycles. The van der Waals surface area contributed by atoms with E-state index in [1.54, 1.807) is 12.1 Å². The predicted octanol–water partition coefficient (Wildman–Crippen LogP) is 3.39. The molecule has 9 heteroatoms. The highest BCUT2D eigenvalue weighted by atomic mass is 16.7. The minimum absolute atomic E-state index is 0.0147. The Morgan fingerprint density at radius 3 is 2.38 bits per heavy atom. The van der Waals surface area contributed by atoms with E-state index in [0.29, 0.717) is 42.4 Å². The van der Waals surface area contributed by atoms with E-state index in [1.807, 2.05) is 42.5 Å². The number of benzene rings is 3. The first-order chi connectivity index (χ1) is 19.0. The Morgan fingerprint density at radius 2 is 1.69 bits per heavy atom. The molecule has 39 heavy (non-hydrogen) atoms. The molecular weight excluding hydrogens is 502 g/mol. The predicted molar refractivity (Wildman–Crippen MR) is 139 cm³/mol. The van der Waals surface area contributed by atoms with Crippen LogP contribution in [0.25, 0.3) is 0 Å². The van der Waals surface area contributed by atoms with Crippen LogP contribution in [0.2, 0.25) is 0 Å². The van der Waals surface area contributed by atoms with Crippen molar-refractivity contribution in [2.24, 2.45) is 17.6 Å². The zero-order valence-corrected chi connectivity index (χ0v) is 21.7. The van der Waals surface area contributed by atoms with Crippen molar-refractivity contribution < 1.29 is 38.0 Å². The van der Waals surface area contributed by atoms with Crippen molar-refractivity contribution in [2.75, 3.05) is 27.6 Å². The number of cyclic esters (lactones) is 1. The lowest BCUT2D eigenvalue weighted by molar-refractivity contribution is -0.141. The number of ether oxygens (including phenoxy) is 6. The highest BCUT2D eigenvalue weighted by Crippen LogP contribution is 2.52. The summed E-state index contributed by atoms with van der Waals surface area (Å²) in [5, 5.41) is 0. The first-order valence-corrected chi connectivity index (χ1v) is 12.8. The van der Waals surface area contributed by atoms with Crippen LogP contribution >= 0.6 is 0 Å². The maximum absolute atomic E-state index is 13.0. The van der Waals surface area contributed by atoms with E-state index in [-0.39, 0.29) is 36.3 Å². The Balaban J connectivity index is 1.37. The molecule has 0 aromatic heterocycles. The van der Waals surface area contributed by atoms with Gasteiger partial charge in [-0.3, -0.25) is 4.79 Å². The molecule has 3 aliphatic rings. The van der Waals surface area contributed by atoms with Gasteiger partial charge in [0.15, 0.2) is 23.0 Å². The summed E-state index contributed by atoms with van der Waals surface area (Å²) in [6, 6.07) is 16.1. The van der Waals surface area contributed by atoms with Crippen LogP contribution in [0.4, 0.5) is 0 Å². The molecular formula is C30H29NO8. The first kappa shape index (κ1) is 25.1. The molecule has 0 amide bonds. The number of hydrogen-bond donors (Lipinski definition) is 1. The number of fused-ring (bicyclic) bond motifs is 3. The van der Waals surface area contributed by atoms with Crippen LogP contribution in [0.5, 0.6) is 28.7 Å². The Morgan fingerprint density at radius 1 is 1.00 bits per heavy atom. The van der Waals surface area contributed by atoms with Crippen LogP contribution in [-0.2, 0) is 27.2 Å². The van der Waals surface area contributed by atoms with Gasteiger partial charge in [0.25, 0.3) is 0 Å². The van der Waals surface area contributed by atoms with Gasteiger partial charge in [0.1, 0.15) is 6.04 Å². The van der Waals surface area contributed by atoms with Crippen LogP contribution in [-0.4, -0.2) is 45.6 Å². The maximum Gasteiger partial charge on any atom is 0.328 e. The Bertz CT molecular complexity index is 1400. The summed E-state index contributed by atoms with van der Waals surface area (Å²) < 4.78 is 33.8. The molecule has 2 N–H and O–H groups in total. The minimum Gasteiger partial charge on any atom is -0.493 e. The molecule has 4 atom stereocenters. The molecule has 0 spiro atoms. The Kier molecular flexibility index (Phi) is 6.52. The normalized spacial score (nSPS) is 21.4. The summed E-state index contributed by atoms with van der Waals surface area (Å²) in [6.07, 6.45) is 1.02. The van der Waals surface area contributed by atoms with Gasteiger partial charge in [-0.05, 0) is 59.4 Å². The molecule has 9 nitrogen and oxygen atoms in total. The van der Waals surface area contributed by atoms with Crippen molar-refractivity contribution in [3.63, 3.8) is 0 Å². The molecule has 1 fully saturated rings.